The van der Waals surface area contributed by atoms with E-state index in [-0.39, 0.29) is 23.4 Å². The predicted octanol–water partition coefficient (Wildman–Crippen LogP) is 4.70. The molecule has 1 aliphatic rings. The van der Waals surface area contributed by atoms with Gasteiger partial charge in [-0.3, -0.25) is 4.79 Å². The molecule has 0 amide bonds. The van der Waals surface area contributed by atoms with Gasteiger partial charge in [0.05, 0.1) is 39.3 Å². The Labute approximate surface area is 215 Å². The number of benzene rings is 1. The Morgan fingerprint density at radius 2 is 1.86 bits per heavy atom. The van der Waals surface area contributed by atoms with Crippen molar-refractivity contribution in [3.05, 3.63) is 81.4 Å². The van der Waals surface area contributed by atoms with Crippen LogP contribution in [-0.4, -0.2) is 41.3 Å². The van der Waals surface area contributed by atoms with Gasteiger partial charge in [0.15, 0.2) is 0 Å². The third kappa shape index (κ3) is 4.06. The molecular formula is C29H31N3O5. The summed E-state index contributed by atoms with van der Waals surface area (Å²) in [5.41, 5.74) is 4.45. The Hall–Kier alpha value is -4.07. The fourth-order valence-electron chi connectivity index (χ4n) is 5.29. The summed E-state index contributed by atoms with van der Waals surface area (Å²) in [5, 5.41) is 0. The summed E-state index contributed by atoms with van der Waals surface area (Å²) in [6.45, 7) is 6.71. The Kier molecular flexibility index (Phi) is 6.06. The number of methoxy groups -OCH3 is 3. The quantitative estimate of drug-likeness (QED) is 0.369. The van der Waals surface area contributed by atoms with E-state index in [1.54, 1.807) is 30.9 Å². The van der Waals surface area contributed by atoms with Gasteiger partial charge < -0.3 is 23.2 Å². The van der Waals surface area contributed by atoms with Crippen LogP contribution < -0.4 is 15.0 Å². The number of esters is 1. The first-order valence-electron chi connectivity index (χ1n) is 12.2. The van der Waals surface area contributed by atoms with E-state index in [1.165, 1.54) is 7.11 Å². The molecule has 37 heavy (non-hydrogen) atoms. The largest absolute Gasteiger partial charge is 0.497 e. The third-order valence-corrected chi connectivity index (χ3v) is 7.22. The summed E-state index contributed by atoms with van der Waals surface area (Å²) in [6, 6.07) is 13.1. The number of hydrogen-bond donors (Lipinski definition) is 0. The van der Waals surface area contributed by atoms with Crippen LogP contribution >= 0.6 is 0 Å². The van der Waals surface area contributed by atoms with Crippen molar-refractivity contribution in [3.63, 3.8) is 0 Å². The zero-order valence-corrected chi connectivity index (χ0v) is 22.0. The topological polar surface area (TPSA) is 84.1 Å². The van der Waals surface area contributed by atoms with Crippen LogP contribution in [0, 0.1) is 5.41 Å². The second-order valence-corrected chi connectivity index (χ2v) is 10.4. The normalized spacial score (nSPS) is 14.7. The Balaban J connectivity index is 1.85. The minimum absolute atomic E-state index is 0.00944. The lowest BCUT2D eigenvalue weighted by Gasteiger charge is -2.36. The molecule has 1 atom stereocenters. The van der Waals surface area contributed by atoms with Crippen molar-refractivity contribution in [2.45, 2.75) is 39.7 Å². The molecule has 1 aromatic carbocycles. The summed E-state index contributed by atoms with van der Waals surface area (Å²) >= 11 is 0. The molecule has 192 valence electrons. The monoisotopic (exact) mass is 501 g/mol. The summed E-state index contributed by atoms with van der Waals surface area (Å²) in [5.74, 6) is 0.607. The standard InChI is InChI=1S/C29H31N3O5/c1-29(2,3)21-15-22-25(30-24-9-7-8-12-31(22)24)26-19(21)14-20(28(34)37-6)27(33)32(26)16-17-10-11-18(35-4)13-23(17)36-5/h7-14,21H,15-16H2,1-6H3. The van der Waals surface area contributed by atoms with Crippen LogP contribution in [0.4, 0.5) is 0 Å². The maximum atomic E-state index is 13.9. The van der Waals surface area contributed by atoms with Gasteiger partial charge in [-0.2, -0.15) is 0 Å². The predicted molar refractivity (Wildman–Crippen MR) is 141 cm³/mol. The lowest BCUT2D eigenvalue weighted by Crippen LogP contribution is -2.34. The number of carbonyl (C=O) groups is 1. The van der Waals surface area contributed by atoms with Gasteiger partial charge >= 0.3 is 5.97 Å². The molecule has 8 nitrogen and oxygen atoms in total. The second-order valence-electron chi connectivity index (χ2n) is 10.4. The minimum atomic E-state index is -0.656. The first-order chi connectivity index (χ1) is 17.7. The van der Waals surface area contributed by atoms with E-state index in [1.807, 2.05) is 36.5 Å². The molecule has 4 aromatic rings. The summed E-state index contributed by atoms with van der Waals surface area (Å²) < 4.78 is 19.7. The molecule has 8 heteroatoms. The van der Waals surface area contributed by atoms with Gasteiger partial charge in [-0.05, 0) is 53.6 Å². The van der Waals surface area contributed by atoms with Crippen LogP contribution in [0.25, 0.3) is 17.0 Å². The average molecular weight is 502 g/mol. The molecule has 0 spiro atoms. The maximum Gasteiger partial charge on any atom is 0.343 e. The maximum absolute atomic E-state index is 13.9. The lowest BCUT2D eigenvalue weighted by atomic mass is 9.70. The van der Waals surface area contributed by atoms with E-state index in [0.717, 1.165) is 40.3 Å². The van der Waals surface area contributed by atoms with Crippen LogP contribution in [0.15, 0.2) is 53.5 Å². The molecule has 1 aliphatic carbocycles. The number of rotatable bonds is 5. The fraction of sp³-hybridized carbons (Fsp3) is 0.345. The number of imidazole rings is 1. The number of pyridine rings is 2. The summed E-state index contributed by atoms with van der Waals surface area (Å²) in [7, 11) is 4.46. The van der Waals surface area contributed by atoms with Gasteiger partial charge in [0.25, 0.3) is 5.56 Å². The Bertz CT molecular complexity index is 1580. The molecule has 0 saturated heterocycles. The van der Waals surface area contributed by atoms with Crippen LogP contribution in [0.1, 0.15) is 53.9 Å². The molecule has 0 aliphatic heterocycles. The van der Waals surface area contributed by atoms with Crippen LogP contribution in [-0.2, 0) is 17.7 Å². The van der Waals surface area contributed by atoms with E-state index < -0.39 is 11.5 Å². The van der Waals surface area contributed by atoms with E-state index >= 15 is 0 Å². The zero-order chi connectivity index (χ0) is 26.5. The molecule has 5 rings (SSSR count). The van der Waals surface area contributed by atoms with Crippen molar-refractivity contribution < 1.29 is 19.0 Å². The zero-order valence-electron chi connectivity index (χ0n) is 22.0. The van der Waals surface area contributed by atoms with Crippen molar-refractivity contribution >= 4 is 11.6 Å². The number of fused-ring (bicyclic) bond motifs is 5. The van der Waals surface area contributed by atoms with Crippen molar-refractivity contribution in [3.8, 4) is 22.9 Å². The number of hydrogen-bond acceptors (Lipinski definition) is 6. The third-order valence-electron chi connectivity index (χ3n) is 7.22. The molecular weight excluding hydrogens is 470 g/mol. The number of aromatic nitrogens is 3. The molecule has 3 aromatic heterocycles. The van der Waals surface area contributed by atoms with E-state index in [0.29, 0.717) is 11.5 Å². The SMILES string of the molecule is COC(=O)c1cc2c(n(Cc3ccc(OC)cc3OC)c1=O)-c1nc3ccccn3c1CC2C(C)(C)C. The summed E-state index contributed by atoms with van der Waals surface area (Å²) in [4.78, 5) is 31.6. The number of nitrogens with zero attached hydrogens (tertiary/aromatic N) is 3. The van der Waals surface area contributed by atoms with Crippen molar-refractivity contribution in [1.82, 2.24) is 14.0 Å². The highest BCUT2D eigenvalue weighted by molar-refractivity contribution is 5.90. The molecule has 0 N–H and O–H groups in total. The fourth-order valence-corrected chi connectivity index (χ4v) is 5.29. The highest BCUT2D eigenvalue weighted by atomic mass is 16.5. The minimum Gasteiger partial charge on any atom is -0.497 e. The molecule has 0 fully saturated rings. The first kappa shape index (κ1) is 24.6. The van der Waals surface area contributed by atoms with Crippen LogP contribution in [0.3, 0.4) is 0 Å². The van der Waals surface area contributed by atoms with Gasteiger partial charge in [-0.15, -0.1) is 0 Å². The lowest BCUT2D eigenvalue weighted by molar-refractivity contribution is 0.0597. The van der Waals surface area contributed by atoms with Crippen molar-refractivity contribution in [2.24, 2.45) is 5.41 Å². The van der Waals surface area contributed by atoms with E-state index in [2.05, 4.69) is 25.2 Å². The van der Waals surface area contributed by atoms with Gasteiger partial charge in [0.1, 0.15) is 28.4 Å². The molecule has 1 unspecified atom stereocenters. The molecule has 3 heterocycles. The van der Waals surface area contributed by atoms with Gasteiger partial charge in [0.2, 0.25) is 0 Å². The molecule has 0 bridgehead atoms. The van der Waals surface area contributed by atoms with Crippen molar-refractivity contribution in [1.29, 1.82) is 0 Å². The first-order valence-corrected chi connectivity index (χ1v) is 12.2. The van der Waals surface area contributed by atoms with Gasteiger partial charge in [-0.25, -0.2) is 9.78 Å². The van der Waals surface area contributed by atoms with Crippen molar-refractivity contribution in [2.75, 3.05) is 21.3 Å². The second kappa shape index (κ2) is 9.10. The highest BCUT2D eigenvalue weighted by Crippen LogP contribution is 2.47. The smallest absolute Gasteiger partial charge is 0.343 e. The summed E-state index contributed by atoms with van der Waals surface area (Å²) in [6.07, 6.45) is 2.73. The molecule has 0 saturated carbocycles. The van der Waals surface area contributed by atoms with Crippen LogP contribution in [0.2, 0.25) is 0 Å². The Morgan fingerprint density at radius 3 is 2.54 bits per heavy atom. The number of carbonyl (C=O) groups excluding carboxylic acids is 1. The Morgan fingerprint density at radius 1 is 1.08 bits per heavy atom. The van der Waals surface area contributed by atoms with Crippen LogP contribution in [0.5, 0.6) is 11.5 Å². The van der Waals surface area contributed by atoms with E-state index in [4.69, 9.17) is 19.2 Å². The van der Waals surface area contributed by atoms with Gasteiger partial charge in [-0.1, -0.05) is 26.8 Å². The molecule has 0 radical (unpaired) electrons. The highest BCUT2D eigenvalue weighted by Gasteiger charge is 2.38. The van der Waals surface area contributed by atoms with E-state index in [9.17, 15) is 9.59 Å². The van der Waals surface area contributed by atoms with Gasteiger partial charge in [0, 0.05) is 17.8 Å². The number of ether oxygens (including phenoxy) is 3. The average Bonchev–Trinajstić information content (AvgIpc) is 3.27.